The molecule has 2 rings (SSSR count). The topological polar surface area (TPSA) is 58.6 Å². The van der Waals surface area contributed by atoms with Gasteiger partial charge in [0.05, 0.1) is 13.0 Å². The Morgan fingerprint density at radius 3 is 2.70 bits per heavy atom. The van der Waals surface area contributed by atoms with Gasteiger partial charge in [0.15, 0.2) is 0 Å². The van der Waals surface area contributed by atoms with Crippen molar-refractivity contribution in [3.8, 4) is 0 Å². The van der Waals surface area contributed by atoms with Gasteiger partial charge in [0.2, 0.25) is 5.91 Å². The normalized spacial score (nSPS) is 19.5. The monoisotopic (exact) mass is 276 g/mol. The van der Waals surface area contributed by atoms with Crippen LogP contribution in [0, 0.1) is 0 Å². The fourth-order valence-electron chi connectivity index (χ4n) is 2.39. The van der Waals surface area contributed by atoms with E-state index in [0.29, 0.717) is 13.1 Å². The number of benzene rings is 1. The van der Waals surface area contributed by atoms with E-state index in [2.05, 4.69) is 10.1 Å². The van der Waals surface area contributed by atoms with Crippen molar-refractivity contribution in [2.75, 3.05) is 20.2 Å². The number of amides is 2. The van der Waals surface area contributed by atoms with Gasteiger partial charge in [-0.15, -0.1) is 0 Å². The zero-order valence-corrected chi connectivity index (χ0v) is 11.8. The molecule has 0 spiro atoms. The number of nitrogens with zero attached hydrogens (tertiary/aromatic N) is 1. The van der Waals surface area contributed by atoms with Crippen LogP contribution in [0.15, 0.2) is 30.3 Å². The highest BCUT2D eigenvalue weighted by molar-refractivity contribution is 5.83. The molecule has 1 heterocycles. The second-order valence-electron chi connectivity index (χ2n) is 5.04. The first kappa shape index (κ1) is 14.4. The Hall–Kier alpha value is -2.04. The second kappa shape index (κ2) is 6.41. The highest BCUT2D eigenvalue weighted by Gasteiger charge is 2.29. The fraction of sp³-hybridized carbons (Fsp3) is 0.467. The molecule has 1 aromatic carbocycles. The molecular weight excluding hydrogens is 256 g/mol. The largest absolute Gasteiger partial charge is 0.453 e. The average molecular weight is 276 g/mol. The van der Waals surface area contributed by atoms with Crippen LogP contribution in [0.3, 0.4) is 0 Å². The number of hydrogen-bond acceptors (Lipinski definition) is 3. The van der Waals surface area contributed by atoms with E-state index in [0.717, 1.165) is 12.0 Å². The number of ether oxygens (including phenoxy) is 1. The third-order valence-electron chi connectivity index (χ3n) is 3.66. The van der Waals surface area contributed by atoms with Crippen molar-refractivity contribution in [2.45, 2.75) is 25.3 Å². The van der Waals surface area contributed by atoms with E-state index in [9.17, 15) is 9.59 Å². The molecule has 0 aromatic heterocycles. The molecule has 2 amide bonds. The fourth-order valence-corrected chi connectivity index (χ4v) is 2.39. The predicted octanol–water partition coefficient (Wildman–Crippen LogP) is 1.75. The molecule has 0 unspecified atom stereocenters. The summed E-state index contributed by atoms with van der Waals surface area (Å²) in [4.78, 5) is 25.2. The summed E-state index contributed by atoms with van der Waals surface area (Å²) in [5.41, 5.74) is 0.993. The Bertz CT molecular complexity index is 475. The van der Waals surface area contributed by atoms with Crippen LogP contribution in [0.1, 0.15) is 24.8 Å². The lowest BCUT2D eigenvalue weighted by atomic mass is 10.00. The number of rotatable bonds is 3. The molecule has 0 saturated carbocycles. The lowest BCUT2D eigenvalue weighted by Gasteiger charge is -2.18. The van der Waals surface area contributed by atoms with Gasteiger partial charge >= 0.3 is 6.09 Å². The number of methoxy groups -OCH3 is 1. The van der Waals surface area contributed by atoms with Gasteiger partial charge in [-0.1, -0.05) is 30.3 Å². The summed E-state index contributed by atoms with van der Waals surface area (Å²) < 4.78 is 4.68. The summed E-state index contributed by atoms with van der Waals surface area (Å²) in [6.07, 6.45) is 0.431. The van der Waals surface area contributed by atoms with Gasteiger partial charge < -0.3 is 15.0 Å². The van der Waals surface area contributed by atoms with Crippen molar-refractivity contribution in [1.29, 1.82) is 0 Å². The molecule has 5 nitrogen and oxygen atoms in total. The van der Waals surface area contributed by atoms with Crippen molar-refractivity contribution >= 4 is 12.0 Å². The van der Waals surface area contributed by atoms with Gasteiger partial charge in [0.25, 0.3) is 0 Å². The number of nitrogens with one attached hydrogen (secondary N) is 1. The molecule has 0 aliphatic carbocycles. The molecule has 108 valence electrons. The summed E-state index contributed by atoms with van der Waals surface area (Å²) in [7, 11) is 1.37. The molecule has 1 fully saturated rings. The summed E-state index contributed by atoms with van der Waals surface area (Å²) in [6.45, 7) is 3.02. The third-order valence-corrected chi connectivity index (χ3v) is 3.66. The van der Waals surface area contributed by atoms with Gasteiger partial charge in [0.1, 0.15) is 0 Å². The minimum atomic E-state index is -0.335. The Morgan fingerprint density at radius 2 is 2.05 bits per heavy atom. The number of likely N-dealkylation sites (tertiary alicyclic amines) is 1. The highest BCUT2D eigenvalue weighted by atomic mass is 16.5. The Morgan fingerprint density at radius 1 is 1.35 bits per heavy atom. The van der Waals surface area contributed by atoms with Crippen molar-refractivity contribution in [3.05, 3.63) is 35.9 Å². The second-order valence-corrected chi connectivity index (χ2v) is 5.04. The summed E-state index contributed by atoms with van der Waals surface area (Å²) >= 11 is 0. The maximum atomic E-state index is 12.2. The van der Waals surface area contributed by atoms with Gasteiger partial charge in [-0.2, -0.15) is 0 Å². The molecule has 0 bridgehead atoms. The zero-order chi connectivity index (χ0) is 14.5. The lowest BCUT2D eigenvalue weighted by Crippen LogP contribution is -2.40. The van der Waals surface area contributed by atoms with E-state index < -0.39 is 0 Å². The van der Waals surface area contributed by atoms with E-state index >= 15 is 0 Å². The zero-order valence-electron chi connectivity index (χ0n) is 11.8. The summed E-state index contributed by atoms with van der Waals surface area (Å²) in [5.74, 6) is -0.198. The number of carbonyl (C=O) groups excluding carboxylic acids is 2. The SMILES string of the molecule is COC(=O)N1CC[C@@H](NC(=O)[C@@H](C)c2ccccc2)C1. The van der Waals surface area contributed by atoms with E-state index in [4.69, 9.17) is 0 Å². The van der Waals surface area contributed by atoms with Crippen LogP contribution in [-0.2, 0) is 9.53 Å². The average Bonchev–Trinajstić information content (AvgIpc) is 2.95. The van der Waals surface area contributed by atoms with Crippen LogP contribution >= 0.6 is 0 Å². The summed E-state index contributed by atoms with van der Waals surface area (Å²) in [5, 5.41) is 3.00. The van der Waals surface area contributed by atoms with E-state index in [1.807, 2.05) is 37.3 Å². The minimum Gasteiger partial charge on any atom is -0.453 e. The van der Waals surface area contributed by atoms with Gasteiger partial charge in [-0.25, -0.2) is 4.79 Å². The van der Waals surface area contributed by atoms with Crippen molar-refractivity contribution in [2.24, 2.45) is 0 Å². The summed E-state index contributed by atoms with van der Waals surface area (Å²) in [6, 6.07) is 9.67. The van der Waals surface area contributed by atoms with Crippen LogP contribution in [0.4, 0.5) is 4.79 Å². The third kappa shape index (κ3) is 3.29. The first-order valence-corrected chi connectivity index (χ1v) is 6.80. The Balaban J connectivity index is 1.88. The Labute approximate surface area is 118 Å². The smallest absolute Gasteiger partial charge is 0.409 e. The molecule has 0 radical (unpaired) electrons. The van der Waals surface area contributed by atoms with Crippen LogP contribution in [0.5, 0.6) is 0 Å². The lowest BCUT2D eigenvalue weighted by molar-refractivity contribution is -0.122. The van der Waals surface area contributed by atoms with E-state index in [-0.39, 0.29) is 24.0 Å². The van der Waals surface area contributed by atoms with Crippen molar-refractivity contribution in [1.82, 2.24) is 10.2 Å². The highest BCUT2D eigenvalue weighted by Crippen LogP contribution is 2.16. The van der Waals surface area contributed by atoms with E-state index in [1.54, 1.807) is 4.90 Å². The van der Waals surface area contributed by atoms with Crippen LogP contribution < -0.4 is 5.32 Å². The molecular formula is C15H20N2O3. The molecule has 1 aliphatic heterocycles. The molecule has 1 N–H and O–H groups in total. The molecule has 1 aromatic rings. The quantitative estimate of drug-likeness (QED) is 0.915. The first-order chi connectivity index (χ1) is 9.61. The predicted molar refractivity (Wildman–Crippen MR) is 75.4 cm³/mol. The molecule has 5 heteroatoms. The van der Waals surface area contributed by atoms with E-state index in [1.165, 1.54) is 7.11 Å². The maximum Gasteiger partial charge on any atom is 0.409 e. The maximum absolute atomic E-state index is 12.2. The van der Waals surface area contributed by atoms with Crippen molar-refractivity contribution < 1.29 is 14.3 Å². The number of carbonyl (C=O) groups is 2. The standard InChI is InChI=1S/C15H20N2O3/c1-11(12-6-4-3-5-7-12)14(18)16-13-8-9-17(10-13)15(19)20-2/h3-7,11,13H,8-10H2,1-2H3,(H,16,18)/t11-,13+/m0/s1. The minimum absolute atomic E-state index is 0.00656. The Kier molecular flexibility index (Phi) is 4.61. The molecule has 2 atom stereocenters. The van der Waals surface area contributed by atoms with Crippen LogP contribution in [0.25, 0.3) is 0 Å². The number of hydrogen-bond donors (Lipinski definition) is 1. The molecule has 1 aliphatic rings. The van der Waals surface area contributed by atoms with Gasteiger partial charge in [-0.3, -0.25) is 4.79 Å². The van der Waals surface area contributed by atoms with Crippen LogP contribution in [0.2, 0.25) is 0 Å². The molecule has 20 heavy (non-hydrogen) atoms. The van der Waals surface area contributed by atoms with Gasteiger partial charge in [0, 0.05) is 19.1 Å². The van der Waals surface area contributed by atoms with Crippen molar-refractivity contribution in [3.63, 3.8) is 0 Å². The molecule has 1 saturated heterocycles. The van der Waals surface area contributed by atoms with Crippen LogP contribution in [-0.4, -0.2) is 43.1 Å². The van der Waals surface area contributed by atoms with Gasteiger partial charge in [-0.05, 0) is 18.9 Å². The first-order valence-electron chi connectivity index (χ1n) is 6.80.